The minimum absolute atomic E-state index is 0.0388. The SMILES string of the molecule is CCCS(=O)(=O)N1CCC2(CC1)CN(C(=O)c1cc(C)oc1C)CCO2. The van der Waals surface area contributed by atoms with Crippen molar-refractivity contribution in [2.45, 2.75) is 45.6 Å². The topological polar surface area (TPSA) is 80.1 Å². The van der Waals surface area contributed by atoms with Gasteiger partial charge in [0.15, 0.2) is 0 Å². The Morgan fingerprint density at radius 2 is 1.92 bits per heavy atom. The summed E-state index contributed by atoms with van der Waals surface area (Å²) < 4.78 is 37.6. The van der Waals surface area contributed by atoms with E-state index in [1.54, 1.807) is 17.3 Å². The van der Waals surface area contributed by atoms with Crippen LogP contribution in [0.25, 0.3) is 0 Å². The van der Waals surface area contributed by atoms with E-state index >= 15 is 0 Å². The molecular weight excluding hydrogens is 356 g/mol. The Morgan fingerprint density at radius 3 is 2.50 bits per heavy atom. The van der Waals surface area contributed by atoms with Crippen molar-refractivity contribution in [3.63, 3.8) is 0 Å². The van der Waals surface area contributed by atoms with Crippen LogP contribution in [0.15, 0.2) is 10.5 Å². The van der Waals surface area contributed by atoms with E-state index in [1.807, 2.05) is 18.7 Å². The van der Waals surface area contributed by atoms with Crippen molar-refractivity contribution in [2.24, 2.45) is 0 Å². The predicted molar refractivity (Wildman–Crippen MR) is 97.7 cm³/mol. The second-order valence-electron chi connectivity index (χ2n) is 7.30. The van der Waals surface area contributed by atoms with Gasteiger partial charge in [0, 0.05) is 19.6 Å². The third kappa shape index (κ3) is 3.82. The Bertz CT molecular complexity index is 763. The standard InChI is InChI=1S/C18H28N2O5S/c1-4-11-26(22,23)20-7-5-18(6-8-20)13-19(9-10-24-18)17(21)16-12-14(2)25-15(16)3/h12H,4-11,13H2,1-3H3. The molecule has 1 spiro atoms. The summed E-state index contributed by atoms with van der Waals surface area (Å²) in [5.74, 6) is 1.50. The summed E-state index contributed by atoms with van der Waals surface area (Å²) in [5, 5.41) is 0. The van der Waals surface area contributed by atoms with Crippen LogP contribution in [0.3, 0.4) is 0 Å². The van der Waals surface area contributed by atoms with E-state index < -0.39 is 15.6 Å². The molecule has 2 saturated heterocycles. The molecule has 2 aliphatic rings. The molecule has 3 rings (SSSR count). The lowest BCUT2D eigenvalue weighted by molar-refractivity contribution is -0.120. The Labute approximate surface area is 155 Å². The zero-order chi connectivity index (χ0) is 18.9. The summed E-state index contributed by atoms with van der Waals surface area (Å²) in [7, 11) is -3.18. The van der Waals surface area contributed by atoms with Gasteiger partial charge in [0.05, 0.1) is 30.1 Å². The van der Waals surface area contributed by atoms with E-state index in [0.29, 0.717) is 63.4 Å². The molecule has 0 radical (unpaired) electrons. The number of nitrogens with zero attached hydrogens (tertiary/aromatic N) is 2. The monoisotopic (exact) mass is 384 g/mol. The molecule has 1 amide bonds. The number of furan rings is 1. The zero-order valence-corrected chi connectivity index (χ0v) is 16.6. The molecule has 8 heteroatoms. The fraction of sp³-hybridized carbons (Fsp3) is 0.722. The second-order valence-corrected chi connectivity index (χ2v) is 9.39. The van der Waals surface area contributed by atoms with Gasteiger partial charge in [-0.05, 0) is 39.2 Å². The highest BCUT2D eigenvalue weighted by molar-refractivity contribution is 7.89. The third-order valence-corrected chi connectivity index (χ3v) is 7.37. The summed E-state index contributed by atoms with van der Waals surface area (Å²) >= 11 is 0. The van der Waals surface area contributed by atoms with Crippen LogP contribution in [-0.4, -0.2) is 67.7 Å². The predicted octanol–water partition coefficient (Wildman–Crippen LogP) is 1.94. The van der Waals surface area contributed by atoms with E-state index in [1.165, 1.54) is 0 Å². The number of piperidine rings is 1. The van der Waals surface area contributed by atoms with Crippen molar-refractivity contribution in [2.75, 3.05) is 38.5 Å². The number of carbonyl (C=O) groups excluding carboxylic acids is 1. The summed E-state index contributed by atoms with van der Waals surface area (Å²) in [6.07, 6.45) is 1.85. The quantitative estimate of drug-likeness (QED) is 0.793. The van der Waals surface area contributed by atoms with Crippen LogP contribution in [0.5, 0.6) is 0 Å². The second kappa shape index (κ2) is 7.32. The molecule has 1 aromatic rings. The molecule has 0 atom stereocenters. The van der Waals surface area contributed by atoms with Crippen molar-refractivity contribution in [1.29, 1.82) is 0 Å². The lowest BCUT2D eigenvalue weighted by atomic mass is 9.90. The highest BCUT2D eigenvalue weighted by Gasteiger charge is 2.43. The van der Waals surface area contributed by atoms with E-state index in [-0.39, 0.29) is 11.7 Å². The first-order chi connectivity index (χ1) is 12.3. The lowest BCUT2D eigenvalue weighted by Gasteiger charge is -2.46. The Hall–Kier alpha value is -1.38. The van der Waals surface area contributed by atoms with Gasteiger partial charge in [0.25, 0.3) is 5.91 Å². The van der Waals surface area contributed by atoms with Gasteiger partial charge in [-0.3, -0.25) is 4.79 Å². The normalized spacial score (nSPS) is 21.3. The van der Waals surface area contributed by atoms with E-state index in [0.717, 1.165) is 5.76 Å². The number of hydrogen-bond donors (Lipinski definition) is 0. The Balaban J connectivity index is 1.67. The maximum absolute atomic E-state index is 12.9. The minimum Gasteiger partial charge on any atom is -0.466 e. The molecule has 0 unspecified atom stereocenters. The molecule has 1 aromatic heterocycles. The molecule has 26 heavy (non-hydrogen) atoms. The molecule has 2 aliphatic heterocycles. The van der Waals surface area contributed by atoms with Gasteiger partial charge in [-0.2, -0.15) is 0 Å². The van der Waals surface area contributed by atoms with Gasteiger partial charge in [-0.15, -0.1) is 0 Å². The molecule has 2 fully saturated rings. The van der Waals surface area contributed by atoms with Crippen LogP contribution < -0.4 is 0 Å². The number of rotatable bonds is 4. The van der Waals surface area contributed by atoms with Crippen LogP contribution in [0.2, 0.25) is 0 Å². The van der Waals surface area contributed by atoms with Crippen molar-refractivity contribution in [3.8, 4) is 0 Å². The number of ether oxygens (including phenoxy) is 1. The first-order valence-corrected chi connectivity index (χ1v) is 10.9. The largest absolute Gasteiger partial charge is 0.466 e. The van der Waals surface area contributed by atoms with Gasteiger partial charge in [-0.25, -0.2) is 12.7 Å². The molecule has 146 valence electrons. The van der Waals surface area contributed by atoms with Gasteiger partial charge in [-0.1, -0.05) is 6.92 Å². The molecule has 0 bridgehead atoms. The van der Waals surface area contributed by atoms with Crippen LogP contribution in [-0.2, 0) is 14.8 Å². The molecule has 3 heterocycles. The van der Waals surface area contributed by atoms with E-state index in [9.17, 15) is 13.2 Å². The number of sulfonamides is 1. The summed E-state index contributed by atoms with van der Waals surface area (Å²) in [6.45, 7) is 7.92. The molecule has 0 aliphatic carbocycles. The Kier molecular flexibility index (Phi) is 5.46. The summed E-state index contributed by atoms with van der Waals surface area (Å²) in [4.78, 5) is 14.7. The maximum atomic E-state index is 12.9. The molecule has 0 saturated carbocycles. The maximum Gasteiger partial charge on any atom is 0.257 e. The lowest BCUT2D eigenvalue weighted by Crippen LogP contribution is -2.58. The minimum atomic E-state index is -3.18. The van der Waals surface area contributed by atoms with Crippen LogP contribution in [0.4, 0.5) is 0 Å². The molecule has 0 aromatic carbocycles. The number of carbonyl (C=O) groups is 1. The van der Waals surface area contributed by atoms with E-state index in [2.05, 4.69) is 0 Å². The number of hydrogen-bond acceptors (Lipinski definition) is 5. The van der Waals surface area contributed by atoms with Crippen LogP contribution in [0, 0.1) is 13.8 Å². The van der Waals surface area contributed by atoms with Crippen molar-refractivity contribution in [1.82, 2.24) is 9.21 Å². The fourth-order valence-electron chi connectivity index (χ4n) is 3.89. The average molecular weight is 384 g/mol. The first kappa shape index (κ1) is 19.4. The molecule has 0 N–H and O–H groups in total. The number of amides is 1. The highest BCUT2D eigenvalue weighted by atomic mass is 32.2. The zero-order valence-electron chi connectivity index (χ0n) is 15.8. The van der Waals surface area contributed by atoms with Gasteiger partial charge >= 0.3 is 0 Å². The van der Waals surface area contributed by atoms with Gasteiger partial charge < -0.3 is 14.1 Å². The summed E-state index contributed by atoms with van der Waals surface area (Å²) in [6, 6.07) is 1.78. The van der Waals surface area contributed by atoms with Gasteiger partial charge in [0.1, 0.15) is 11.5 Å². The smallest absolute Gasteiger partial charge is 0.257 e. The third-order valence-electron chi connectivity index (χ3n) is 5.30. The number of aryl methyl sites for hydroxylation is 2. The van der Waals surface area contributed by atoms with Crippen LogP contribution in [0.1, 0.15) is 48.1 Å². The first-order valence-electron chi connectivity index (χ1n) is 9.24. The van der Waals surface area contributed by atoms with Crippen molar-refractivity contribution < 1.29 is 22.4 Å². The average Bonchev–Trinajstić information content (AvgIpc) is 2.93. The van der Waals surface area contributed by atoms with Gasteiger partial charge in [0.2, 0.25) is 10.0 Å². The highest BCUT2D eigenvalue weighted by Crippen LogP contribution is 2.32. The number of morpholine rings is 1. The summed E-state index contributed by atoms with van der Waals surface area (Å²) in [5.41, 5.74) is 0.154. The molecule has 7 nitrogen and oxygen atoms in total. The van der Waals surface area contributed by atoms with E-state index in [4.69, 9.17) is 9.15 Å². The van der Waals surface area contributed by atoms with Crippen molar-refractivity contribution >= 4 is 15.9 Å². The van der Waals surface area contributed by atoms with Crippen molar-refractivity contribution in [3.05, 3.63) is 23.2 Å². The molecular formula is C18H28N2O5S. The fourth-order valence-corrected chi connectivity index (χ4v) is 5.41. The Morgan fingerprint density at radius 1 is 1.23 bits per heavy atom. The van der Waals surface area contributed by atoms with Crippen LogP contribution >= 0.6 is 0 Å².